The molecule has 0 spiro atoms. The number of thiophene rings is 1. The molecule has 0 radical (unpaired) electrons. The molecule has 0 aliphatic heterocycles. The van der Waals surface area contributed by atoms with Crippen LogP contribution in [0.5, 0.6) is 0 Å². The summed E-state index contributed by atoms with van der Waals surface area (Å²) >= 11 is 1.84. The lowest BCUT2D eigenvalue weighted by atomic mass is 10.0. The standard InChI is InChI=1S/C42H51N3S/c1-4-7-10-13-16-35-30-32-46-41(35)36-21-23-37(24-22-36)42-43-31-29-40(44-42)45(38-25-17-33(18-26-38)14-11-8-5-2)39-27-19-34(20-28-39)15-12-9-6-3/h17-32H,4-16H2,1-3H3. The fraction of sp³-hybridized carbons (Fsp3) is 0.381. The van der Waals surface area contributed by atoms with Crippen LogP contribution in [0.2, 0.25) is 0 Å². The molecule has 2 aromatic heterocycles. The lowest BCUT2D eigenvalue weighted by molar-refractivity contribution is 0.668. The number of anilines is 3. The Bertz CT molecular complexity index is 1530. The van der Waals surface area contributed by atoms with Crippen LogP contribution < -0.4 is 4.90 Å². The second kappa shape index (κ2) is 17.8. The maximum atomic E-state index is 5.15. The molecule has 0 saturated heterocycles. The summed E-state index contributed by atoms with van der Waals surface area (Å²) in [6.07, 6.45) is 18.0. The molecule has 0 saturated carbocycles. The minimum atomic E-state index is 0.743. The molecule has 0 unspecified atom stereocenters. The van der Waals surface area contributed by atoms with Gasteiger partial charge in [-0.05, 0) is 103 Å². The van der Waals surface area contributed by atoms with Gasteiger partial charge in [0.1, 0.15) is 5.82 Å². The largest absolute Gasteiger partial charge is 0.295 e. The number of benzene rings is 3. The van der Waals surface area contributed by atoms with Crippen molar-refractivity contribution in [1.29, 1.82) is 0 Å². The monoisotopic (exact) mass is 629 g/mol. The Morgan fingerprint density at radius 2 is 1.09 bits per heavy atom. The zero-order valence-electron chi connectivity index (χ0n) is 28.2. The van der Waals surface area contributed by atoms with Crippen molar-refractivity contribution in [1.82, 2.24) is 9.97 Å². The highest BCUT2D eigenvalue weighted by Crippen LogP contribution is 2.36. The van der Waals surface area contributed by atoms with Crippen LogP contribution in [-0.2, 0) is 19.3 Å². The molecule has 5 aromatic rings. The fourth-order valence-corrected chi connectivity index (χ4v) is 7.07. The van der Waals surface area contributed by atoms with E-state index in [0.29, 0.717) is 0 Å². The average Bonchev–Trinajstić information content (AvgIpc) is 3.57. The van der Waals surface area contributed by atoms with Gasteiger partial charge in [-0.3, -0.25) is 4.90 Å². The van der Waals surface area contributed by atoms with Gasteiger partial charge < -0.3 is 0 Å². The van der Waals surface area contributed by atoms with E-state index < -0.39 is 0 Å². The summed E-state index contributed by atoms with van der Waals surface area (Å²) < 4.78 is 0. The molecule has 3 aromatic carbocycles. The predicted molar refractivity (Wildman–Crippen MR) is 200 cm³/mol. The van der Waals surface area contributed by atoms with Crippen molar-refractivity contribution in [3.63, 3.8) is 0 Å². The second-order valence-electron chi connectivity index (χ2n) is 12.5. The van der Waals surface area contributed by atoms with Crippen molar-refractivity contribution < 1.29 is 0 Å². The zero-order valence-corrected chi connectivity index (χ0v) is 29.0. The molecular weight excluding hydrogens is 579 g/mol. The molecule has 0 fully saturated rings. The second-order valence-corrected chi connectivity index (χ2v) is 13.4. The molecule has 4 heteroatoms. The van der Waals surface area contributed by atoms with Gasteiger partial charge in [0, 0.05) is 28.0 Å². The molecule has 0 atom stereocenters. The van der Waals surface area contributed by atoms with Crippen LogP contribution in [0.25, 0.3) is 21.8 Å². The van der Waals surface area contributed by atoms with E-state index in [-0.39, 0.29) is 0 Å². The molecule has 0 aliphatic rings. The van der Waals surface area contributed by atoms with Crippen LogP contribution in [0.3, 0.4) is 0 Å². The summed E-state index contributed by atoms with van der Waals surface area (Å²) in [5, 5.41) is 2.23. The maximum absolute atomic E-state index is 5.15. The highest BCUT2D eigenvalue weighted by Gasteiger charge is 2.16. The minimum Gasteiger partial charge on any atom is -0.295 e. The van der Waals surface area contributed by atoms with Gasteiger partial charge in [-0.1, -0.05) is 114 Å². The molecule has 3 nitrogen and oxygen atoms in total. The first-order valence-corrected chi connectivity index (χ1v) is 18.6. The summed E-state index contributed by atoms with van der Waals surface area (Å²) in [7, 11) is 0. The average molecular weight is 630 g/mol. The van der Waals surface area contributed by atoms with Gasteiger partial charge in [-0.15, -0.1) is 11.3 Å². The summed E-state index contributed by atoms with van der Waals surface area (Å²) in [5.41, 5.74) is 8.78. The van der Waals surface area contributed by atoms with Crippen molar-refractivity contribution in [2.75, 3.05) is 4.90 Å². The topological polar surface area (TPSA) is 29.0 Å². The van der Waals surface area contributed by atoms with E-state index in [1.54, 1.807) is 0 Å². The minimum absolute atomic E-state index is 0.743. The van der Waals surface area contributed by atoms with Gasteiger partial charge in [-0.2, -0.15) is 0 Å². The number of unbranched alkanes of at least 4 members (excludes halogenated alkanes) is 7. The summed E-state index contributed by atoms with van der Waals surface area (Å²) in [5.74, 6) is 1.62. The van der Waals surface area contributed by atoms with E-state index in [2.05, 4.69) is 110 Å². The summed E-state index contributed by atoms with van der Waals surface area (Å²) in [6.45, 7) is 6.79. The molecule has 0 N–H and O–H groups in total. The smallest absolute Gasteiger partial charge is 0.161 e. The molecule has 0 amide bonds. The van der Waals surface area contributed by atoms with Crippen LogP contribution in [0.1, 0.15) is 102 Å². The molecule has 0 aliphatic carbocycles. The number of rotatable bonds is 18. The van der Waals surface area contributed by atoms with Gasteiger partial charge in [0.2, 0.25) is 0 Å². The fourth-order valence-electron chi connectivity index (χ4n) is 6.11. The Hall–Kier alpha value is -3.76. The molecule has 0 bridgehead atoms. The molecule has 5 rings (SSSR count). The predicted octanol–water partition coefficient (Wildman–Crippen LogP) is 12.9. The number of aryl methyl sites for hydroxylation is 3. The van der Waals surface area contributed by atoms with E-state index in [0.717, 1.165) is 47.8 Å². The van der Waals surface area contributed by atoms with Crippen LogP contribution in [0.15, 0.2) is 96.5 Å². The van der Waals surface area contributed by atoms with Crippen molar-refractivity contribution in [3.05, 3.63) is 113 Å². The number of hydrogen-bond donors (Lipinski definition) is 0. The Morgan fingerprint density at radius 3 is 1.67 bits per heavy atom. The van der Waals surface area contributed by atoms with Crippen molar-refractivity contribution >= 4 is 28.5 Å². The number of aromatic nitrogens is 2. The first kappa shape index (κ1) is 33.6. The molecular formula is C42H51N3S. The first-order valence-electron chi connectivity index (χ1n) is 17.7. The van der Waals surface area contributed by atoms with E-state index in [1.165, 1.54) is 91.3 Å². The van der Waals surface area contributed by atoms with Crippen LogP contribution in [0, 0.1) is 0 Å². The molecule has 2 heterocycles. The quantitative estimate of drug-likeness (QED) is 0.0903. The SMILES string of the molecule is CCCCCCc1ccsc1-c1ccc(-c2nccc(N(c3ccc(CCCCC)cc3)c3ccc(CCCCC)cc3)n2)cc1. The Kier molecular flexibility index (Phi) is 13.0. The lowest BCUT2D eigenvalue weighted by Gasteiger charge is -2.25. The van der Waals surface area contributed by atoms with Gasteiger partial charge in [0.05, 0.1) is 0 Å². The van der Waals surface area contributed by atoms with Crippen LogP contribution in [-0.4, -0.2) is 9.97 Å². The van der Waals surface area contributed by atoms with Crippen molar-refractivity contribution in [2.24, 2.45) is 0 Å². The van der Waals surface area contributed by atoms with Gasteiger partial charge >= 0.3 is 0 Å². The third-order valence-electron chi connectivity index (χ3n) is 8.85. The summed E-state index contributed by atoms with van der Waals surface area (Å²) in [6, 6.07) is 31.2. The third kappa shape index (κ3) is 9.16. The number of hydrogen-bond acceptors (Lipinski definition) is 4. The van der Waals surface area contributed by atoms with Gasteiger partial charge in [0.25, 0.3) is 0 Å². The first-order chi connectivity index (χ1) is 22.7. The summed E-state index contributed by atoms with van der Waals surface area (Å²) in [4.78, 5) is 13.5. The molecule has 240 valence electrons. The highest BCUT2D eigenvalue weighted by molar-refractivity contribution is 7.13. The van der Waals surface area contributed by atoms with Crippen LogP contribution >= 0.6 is 11.3 Å². The van der Waals surface area contributed by atoms with Gasteiger partial charge in [-0.25, -0.2) is 9.97 Å². The maximum Gasteiger partial charge on any atom is 0.161 e. The molecule has 46 heavy (non-hydrogen) atoms. The van der Waals surface area contributed by atoms with Crippen LogP contribution in [0.4, 0.5) is 17.2 Å². The van der Waals surface area contributed by atoms with Crippen molar-refractivity contribution in [2.45, 2.75) is 104 Å². The normalized spacial score (nSPS) is 11.2. The third-order valence-corrected chi connectivity index (χ3v) is 9.85. The zero-order chi connectivity index (χ0) is 32.0. The van der Waals surface area contributed by atoms with Crippen molar-refractivity contribution in [3.8, 4) is 21.8 Å². The van der Waals surface area contributed by atoms with E-state index in [4.69, 9.17) is 9.97 Å². The number of nitrogens with zero attached hydrogens (tertiary/aromatic N) is 3. The van der Waals surface area contributed by atoms with E-state index in [1.807, 2.05) is 23.6 Å². The Balaban J connectivity index is 1.40. The van der Waals surface area contributed by atoms with E-state index in [9.17, 15) is 0 Å². The van der Waals surface area contributed by atoms with E-state index >= 15 is 0 Å². The lowest BCUT2D eigenvalue weighted by Crippen LogP contribution is -2.12. The Labute approximate surface area is 281 Å². The Morgan fingerprint density at radius 1 is 0.543 bits per heavy atom. The highest BCUT2D eigenvalue weighted by atomic mass is 32.1. The van der Waals surface area contributed by atoms with Gasteiger partial charge in [0.15, 0.2) is 5.82 Å².